The van der Waals surface area contributed by atoms with E-state index in [1.54, 1.807) is 7.11 Å². The number of methoxy groups -OCH3 is 1. The second-order valence-corrected chi connectivity index (χ2v) is 5.24. The van der Waals surface area contributed by atoms with Gasteiger partial charge in [-0.05, 0) is 44.7 Å². The Morgan fingerprint density at radius 2 is 2.10 bits per heavy atom. The summed E-state index contributed by atoms with van der Waals surface area (Å²) in [6.45, 7) is 8.54. The SMILES string of the molecule is CCOCCC(CNCCOC)Cc1cccc(C)c1. The van der Waals surface area contributed by atoms with Gasteiger partial charge in [0.05, 0.1) is 6.61 Å². The third-order valence-electron chi connectivity index (χ3n) is 3.40. The summed E-state index contributed by atoms with van der Waals surface area (Å²) in [5, 5.41) is 3.47. The first-order chi connectivity index (χ1) is 9.76. The summed E-state index contributed by atoms with van der Waals surface area (Å²) in [6, 6.07) is 8.79. The van der Waals surface area contributed by atoms with E-state index < -0.39 is 0 Å². The van der Waals surface area contributed by atoms with Gasteiger partial charge in [-0.1, -0.05) is 29.8 Å². The molecule has 0 radical (unpaired) electrons. The van der Waals surface area contributed by atoms with Crippen LogP contribution in [0, 0.1) is 12.8 Å². The molecule has 1 N–H and O–H groups in total. The largest absolute Gasteiger partial charge is 0.383 e. The minimum absolute atomic E-state index is 0.611. The first-order valence-electron chi connectivity index (χ1n) is 7.59. The van der Waals surface area contributed by atoms with Crippen LogP contribution in [-0.4, -0.2) is 40.0 Å². The van der Waals surface area contributed by atoms with E-state index >= 15 is 0 Å². The highest BCUT2D eigenvalue weighted by molar-refractivity contribution is 5.22. The zero-order valence-electron chi connectivity index (χ0n) is 13.2. The average Bonchev–Trinajstić information content (AvgIpc) is 2.43. The fourth-order valence-corrected chi connectivity index (χ4v) is 2.32. The van der Waals surface area contributed by atoms with E-state index in [0.29, 0.717) is 5.92 Å². The van der Waals surface area contributed by atoms with Crippen molar-refractivity contribution >= 4 is 0 Å². The number of benzene rings is 1. The lowest BCUT2D eigenvalue weighted by Gasteiger charge is -2.18. The van der Waals surface area contributed by atoms with Crippen LogP contribution in [0.1, 0.15) is 24.5 Å². The molecule has 1 aromatic carbocycles. The Labute approximate surface area is 123 Å². The molecule has 0 aliphatic rings. The smallest absolute Gasteiger partial charge is 0.0587 e. The summed E-state index contributed by atoms with van der Waals surface area (Å²) in [5.74, 6) is 0.611. The minimum Gasteiger partial charge on any atom is -0.383 e. The Hall–Kier alpha value is -0.900. The van der Waals surface area contributed by atoms with Crippen molar-refractivity contribution in [3.8, 4) is 0 Å². The van der Waals surface area contributed by atoms with Gasteiger partial charge in [0, 0.05) is 26.9 Å². The number of rotatable bonds is 11. The zero-order valence-corrected chi connectivity index (χ0v) is 13.2. The van der Waals surface area contributed by atoms with Gasteiger partial charge in [0.2, 0.25) is 0 Å². The number of hydrogen-bond donors (Lipinski definition) is 1. The Morgan fingerprint density at radius 1 is 1.25 bits per heavy atom. The van der Waals surface area contributed by atoms with Crippen LogP contribution in [0.3, 0.4) is 0 Å². The van der Waals surface area contributed by atoms with Gasteiger partial charge in [0.1, 0.15) is 0 Å². The number of ether oxygens (including phenoxy) is 2. The van der Waals surface area contributed by atoms with Gasteiger partial charge >= 0.3 is 0 Å². The van der Waals surface area contributed by atoms with E-state index in [0.717, 1.165) is 45.8 Å². The van der Waals surface area contributed by atoms with Crippen LogP contribution >= 0.6 is 0 Å². The van der Waals surface area contributed by atoms with Gasteiger partial charge in [-0.3, -0.25) is 0 Å². The zero-order chi connectivity index (χ0) is 14.6. The van der Waals surface area contributed by atoms with Gasteiger partial charge in [-0.25, -0.2) is 0 Å². The predicted molar refractivity (Wildman–Crippen MR) is 84.2 cm³/mol. The fraction of sp³-hybridized carbons (Fsp3) is 0.647. The van der Waals surface area contributed by atoms with Gasteiger partial charge in [0.15, 0.2) is 0 Å². The number of aryl methyl sites for hydroxylation is 1. The first-order valence-corrected chi connectivity index (χ1v) is 7.59. The molecule has 1 unspecified atom stereocenters. The molecule has 0 amide bonds. The Morgan fingerprint density at radius 3 is 2.80 bits per heavy atom. The Balaban J connectivity index is 2.43. The van der Waals surface area contributed by atoms with E-state index in [9.17, 15) is 0 Å². The van der Waals surface area contributed by atoms with Gasteiger partial charge in [-0.15, -0.1) is 0 Å². The van der Waals surface area contributed by atoms with Crippen molar-refractivity contribution in [2.45, 2.75) is 26.7 Å². The first kappa shape index (κ1) is 17.2. The predicted octanol–water partition coefficient (Wildman–Crippen LogP) is 2.82. The lowest BCUT2D eigenvalue weighted by atomic mass is 9.95. The fourth-order valence-electron chi connectivity index (χ4n) is 2.32. The molecule has 0 heterocycles. The Bertz CT molecular complexity index is 355. The summed E-state index contributed by atoms with van der Waals surface area (Å²) in [7, 11) is 1.74. The molecule has 0 fully saturated rings. The maximum atomic E-state index is 5.50. The molecule has 1 aromatic rings. The Kier molecular flexibility index (Phi) is 9.29. The molecule has 0 aliphatic heterocycles. The van der Waals surface area contributed by atoms with Crippen LogP contribution < -0.4 is 5.32 Å². The van der Waals surface area contributed by atoms with Crippen LogP contribution in [-0.2, 0) is 15.9 Å². The van der Waals surface area contributed by atoms with Crippen molar-refractivity contribution in [2.75, 3.05) is 40.0 Å². The summed E-state index contributed by atoms with van der Waals surface area (Å²) in [5.41, 5.74) is 2.75. The highest BCUT2D eigenvalue weighted by Gasteiger charge is 2.10. The molecule has 0 saturated heterocycles. The van der Waals surface area contributed by atoms with Crippen molar-refractivity contribution < 1.29 is 9.47 Å². The molecular weight excluding hydrogens is 250 g/mol. The molecular formula is C17H29NO2. The molecule has 3 nitrogen and oxygen atoms in total. The molecule has 0 aliphatic carbocycles. The third kappa shape index (κ3) is 7.63. The van der Waals surface area contributed by atoms with Crippen molar-refractivity contribution in [2.24, 2.45) is 5.92 Å². The van der Waals surface area contributed by atoms with Gasteiger partial charge < -0.3 is 14.8 Å². The van der Waals surface area contributed by atoms with Crippen molar-refractivity contribution in [1.29, 1.82) is 0 Å². The van der Waals surface area contributed by atoms with E-state index in [1.807, 2.05) is 6.92 Å². The number of nitrogens with one attached hydrogen (secondary N) is 1. The van der Waals surface area contributed by atoms with Crippen LogP contribution in [0.25, 0.3) is 0 Å². The molecule has 0 saturated carbocycles. The second-order valence-electron chi connectivity index (χ2n) is 5.24. The maximum Gasteiger partial charge on any atom is 0.0587 e. The molecule has 20 heavy (non-hydrogen) atoms. The quantitative estimate of drug-likeness (QED) is 0.632. The summed E-state index contributed by atoms with van der Waals surface area (Å²) >= 11 is 0. The lowest BCUT2D eigenvalue weighted by molar-refractivity contribution is 0.130. The minimum atomic E-state index is 0.611. The topological polar surface area (TPSA) is 30.5 Å². The second kappa shape index (κ2) is 10.8. The van der Waals surface area contributed by atoms with Crippen LogP contribution in [0.15, 0.2) is 24.3 Å². The molecule has 1 rings (SSSR count). The van der Waals surface area contributed by atoms with Gasteiger partial charge in [0.25, 0.3) is 0 Å². The lowest BCUT2D eigenvalue weighted by Crippen LogP contribution is -2.28. The van der Waals surface area contributed by atoms with Crippen LogP contribution in [0.5, 0.6) is 0 Å². The van der Waals surface area contributed by atoms with E-state index in [1.165, 1.54) is 11.1 Å². The van der Waals surface area contributed by atoms with Crippen molar-refractivity contribution in [3.63, 3.8) is 0 Å². The van der Waals surface area contributed by atoms with Gasteiger partial charge in [-0.2, -0.15) is 0 Å². The molecule has 114 valence electrons. The van der Waals surface area contributed by atoms with Crippen molar-refractivity contribution in [1.82, 2.24) is 5.32 Å². The summed E-state index contributed by atoms with van der Waals surface area (Å²) in [6.07, 6.45) is 2.20. The number of hydrogen-bond acceptors (Lipinski definition) is 3. The monoisotopic (exact) mass is 279 g/mol. The van der Waals surface area contributed by atoms with E-state index in [-0.39, 0.29) is 0 Å². The van der Waals surface area contributed by atoms with E-state index in [2.05, 4.69) is 36.5 Å². The van der Waals surface area contributed by atoms with Crippen LogP contribution in [0.4, 0.5) is 0 Å². The standard InChI is InChI=1S/C17H29NO2/c1-4-20-10-8-17(14-18-9-11-19-3)13-16-7-5-6-15(2)12-16/h5-7,12,17-18H,4,8-11,13-14H2,1-3H3. The molecule has 3 heteroatoms. The highest BCUT2D eigenvalue weighted by atomic mass is 16.5. The molecule has 0 aromatic heterocycles. The molecule has 1 atom stereocenters. The summed E-state index contributed by atoms with van der Waals surface area (Å²) in [4.78, 5) is 0. The normalized spacial score (nSPS) is 12.6. The molecule has 0 spiro atoms. The average molecular weight is 279 g/mol. The summed E-state index contributed by atoms with van der Waals surface area (Å²) < 4.78 is 10.6. The van der Waals surface area contributed by atoms with Crippen LogP contribution in [0.2, 0.25) is 0 Å². The maximum absolute atomic E-state index is 5.50. The highest BCUT2D eigenvalue weighted by Crippen LogP contribution is 2.13. The molecule has 0 bridgehead atoms. The van der Waals surface area contributed by atoms with Crippen molar-refractivity contribution in [3.05, 3.63) is 35.4 Å². The van der Waals surface area contributed by atoms with E-state index in [4.69, 9.17) is 9.47 Å². The third-order valence-corrected chi connectivity index (χ3v) is 3.40.